The smallest absolute Gasteiger partial charge is 0.254 e. The Kier molecular flexibility index (Phi) is 3.02. The van der Waals surface area contributed by atoms with Gasteiger partial charge in [0.1, 0.15) is 0 Å². The molecular formula is C13H13N3. The highest BCUT2D eigenvalue weighted by Crippen LogP contribution is 2.21. The number of rotatable bonds is 3. The van der Waals surface area contributed by atoms with Crippen LogP contribution in [0.25, 0.3) is 4.85 Å². The minimum atomic E-state index is -0.114. The van der Waals surface area contributed by atoms with Crippen molar-refractivity contribution < 1.29 is 0 Å². The van der Waals surface area contributed by atoms with Crippen LogP contribution in [0, 0.1) is 6.57 Å². The van der Waals surface area contributed by atoms with Gasteiger partial charge in [-0.3, -0.25) is 4.68 Å². The molecule has 1 aromatic heterocycles. The first-order valence-electron chi connectivity index (χ1n) is 5.19. The second kappa shape index (κ2) is 4.63. The molecule has 3 heteroatoms. The fraction of sp³-hybridized carbons (Fsp3) is 0.231. The molecule has 1 atom stereocenters. The SMILES string of the molecule is [C-]#[N+]C(Cc1ccnn1C)c1ccccc1. The van der Waals surface area contributed by atoms with Gasteiger partial charge in [-0.05, 0) is 6.07 Å². The molecule has 2 aromatic rings. The molecule has 0 fully saturated rings. The summed E-state index contributed by atoms with van der Waals surface area (Å²) >= 11 is 0. The number of hydrogen-bond acceptors (Lipinski definition) is 1. The minimum absolute atomic E-state index is 0.114. The third kappa shape index (κ3) is 2.12. The van der Waals surface area contributed by atoms with Gasteiger partial charge in [0.25, 0.3) is 6.04 Å². The molecule has 16 heavy (non-hydrogen) atoms. The number of aryl methyl sites for hydroxylation is 1. The van der Waals surface area contributed by atoms with Gasteiger partial charge in [0.2, 0.25) is 0 Å². The van der Waals surface area contributed by atoms with Gasteiger partial charge in [0, 0.05) is 24.5 Å². The van der Waals surface area contributed by atoms with E-state index >= 15 is 0 Å². The Balaban J connectivity index is 2.20. The molecule has 0 amide bonds. The van der Waals surface area contributed by atoms with Gasteiger partial charge >= 0.3 is 0 Å². The zero-order valence-corrected chi connectivity index (χ0v) is 9.17. The van der Waals surface area contributed by atoms with E-state index in [-0.39, 0.29) is 6.04 Å². The molecule has 0 aliphatic carbocycles. The Hall–Kier alpha value is -2.08. The van der Waals surface area contributed by atoms with E-state index in [1.807, 2.05) is 48.1 Å². The minimum Gasteiger partial charge on any atom is -0.308 e. The van der Waals surface area contributed by atoms with E-state index in [2.05, 4.69) is 9.94 Å². The van der Waals surface area contributed by atoms with Crippen LogP contribution in [0.5, 0.6) is 0 Å². The maximum Gasteiger partial charge on any atom is 0.254 e. The normalized spacial score (nSPS) is 12.0. The molecule has 0 N–H and O–H groups in total. The van der Waals surface area contributed by atoms with Crippen molar-refractivity contribution >= 4 is 0 Å². The molecule has 0 bridgehead atoms. The molecule has 1 aromatic carbocycles. The zero-order valence-electron chi connectivity index (χ0n) is 9.17. The van der Waals surface area contributed by atoms with Gasteiger partial charge in [0.15, 0.2) is 0 Å². The highest BCUT2D eigenvalue weighted by Gasteiger charge is 2.17. The predicted molar refractivity (Wildman–Crippen MR) is 62.7 cm³/mol. The Morgan fingerprint density at radius 2 is 2.06 bits per heavy atom. The molecule has 0 aliphatic rings. The first-order valence-corrected chi connectivity index (χ1v) is 5.19. The van der Waals surface area contributed by atoms with Crippen LogP contribution in [0.4, 0.5) is 0 Å². The summed E-state index contributed by atoms with van der Waals surface area (Å²) in [5, 5.41) is 4.11. The van der Waals surface area contributed by atoms with Crippen LogP contribution >= 0.6 is 0 Å². The Labute approximate surface area is 95.2 Å². The number of aromatic nitrogens is 2. The largest absolute Gasteiger partial charge is 0.308 e. The van der Waals surface area contributed by atoms with Crippen molar-refractivity contribution in [1.29, 1.82) is 0 Å². The molecule has 0 radical (unpaired) electrons. The van der Waals surface area contributed by atoms with Crippen LogP contribution in [0.2, 0.25) is 0 Å². The van der Waals surface area contributed by atoms with Crippen LogP contribution in [-0.2, 0) is 13.5 Å². The third-order valence-electron chi connectivity index (χ3n) is 2.67. The van der Waals surface area contributed by atoms with Crippen molar-refractivity contribution in [2.75, 3.05) is 0 Å². The van der Waals surface area contributed by atoms with E-state index in [1.165, 1.54) is 0 Å². The van der Waals surface area contributed by atoms with Crippen LogP contribution in [0.15, 0.2) is 42.6 Å². The standard InChI is InChI=1S/C13H13N3/c1-14-13(11-6-4-3-5-7-11)10-12-8-9-15-16(12)2/h3-9,13H,10H2,2H3. The summed E-state index contributed by atoms with van der Waals surface area (Å²) in [4.78, 5) is 3.68. The highest BCUT2D eigenvalue weighted by atomic mass is 15.3. The van der Waals surface area contributed by atoms with Gasteiger partial charge in [-0.1, -0.05) is 30.3 Å². The van der Waals surface area contributed by atoms with E-state index in [0.29, 0.717) is 6.42 Å². The van der Waals surface area contributed by atoms with Crippen molar-refractivity contribution in [2.24, 2.45) is 7.05 Å². The fourth-order valence-corrected chi connectivity index (χ4v) is 1.71. The average molecular weight is 211 g/mol. The summed E-state index contributed by atoms with van der Waals surface area (Å²) in [5.41, 5.74) is 2.16. The molecular weight excluding hydrogens is 198 g/mol. The van der Waals surface area contributed by atoms with Gasteiger partial charge in [-0.25, -0.2) is 6.57 Å². The van der Waals surface area contributed by atoms with Crippen molar-refractivity contribution in [2.45, 2.75) is 12.5 Å². The third-order valence-corrected chi connectivity index (χ3v) is 2.67. The fourth-order valence-electron chi connectivity index (χ4n) is 1.71. The lowest BCUT2D eigenvalue weighted by Gasteiger charge is -2.05. The summed E-state index contributed by atoms with van der Waals surface area (Å²) in [7, 11) is 1.90. The topological polar surface area (TPSA) is 22.2 Å². The maximum absolute atomic E-state index is 7.27. The molecule has 0 saturated heterocycles. The van der Waals surface area contributed by atoms with E-state index < -0.39 is 0 Å². The number of hydrogen-bond donors (Lipinski definition) is 0. The second-order valence-corrected chi connectivity index (χ2v) is 3.71. The first-order chi connectivity index (χ1) is 7.81. The first kappa shape index (κ1) is 10.4. The van der Waals surface area contributed by atoms with Crippen LogP contribution < -0.4 is 0 Å². The van der Waals surface area contributed by atoms with Crippen molar-refractivity contribution in [3.8, 4) is 0 Å². The van der Waals surface area contributed by atoms with Crippen LogP contribution in [0.1, 0.15) is 17.3 Å². The molecule has 80 valence electrons. The summed E-state index contributed by atoms with van der Waals surface area (Å²) in [6, 6.07) is 11.7. The highest BCUT2D eigenvalue weighted by molar-refractivity contribution is 5.23. The summed E-state index contributed by atoms with van der Waals surface area (Å²) in [6.07, 6.45) is 2.48. The van der Waals surface area contributed by atoms with Crippen molar-refractivity contribution in [3.63, 3.8) is 0 Å². The van der Waals surface area contributed by atoms with E-state index in [4.69, 9.17) is 6.57 Å². The lowest BCUT2D eigenvalue weighted by atomic mass is 10.0. The number of nitrogens with zero attached hydrogens (tertiary/aromatic N) is 3. The molecule has 2 rings (SSSR count). The average Bonchev–Trinajstić information content (AvgIpc) is 2.73. The molecule has 3 nitrogen and oxygen atoms in total. The Bertz CT molecular complexity index is 493. The maximum atomic E-state index is 7.27. The Morgan fingerprint density at radius 1 is 1.31 bits per heavy atom. The van der Waals surface area contributed by atoms with E-state index in [1.54, 1.807) is 6.20 Å². The molecule has 1 unspecified atom stereocenters. The monoisotopic (exact) mass is 211 g/mol. The molecule has 0 saturated carbocycles. The summed E-state index contributed by atoms with van der Waals surface area (Å²) in [6.45, 7) is 7.27. The summed E-state index contributed by atoms with van der Waals surface area (Å²) < 4.78 is 1.82. The van der Waals surface area contributed by atoms with Gasteiger partial charge in [-0.2, -0.15) is 5.10 Å². The zero-order chi connectivity index (χ0) is 11.4. The van der Waals surface area contributed by atoms with Gasteiger partial charge < -0.3 is 4.85 Å². The van der Waals surface area contributed by atoms with Gasteiger partial charge in [0.05, 0.1) is 6.42 Å². The van der Waals surface area contributed by atoms with Crippen LogP contribution in [-0.4, -0.2) is 9.78 Å². The van der Waals surface area contributed by atoms with E-state index in [0.717, 1.165) is 11.3 Å². The Morgan fingerprint density at radius 3 is 2.62 bits per heavy atom. The molecule has 1 heterocycles. The summed E-state index contributed by atoms with van der Waals surface area (Å²) in [5.74, 6) is 0. The van der Waals surface area contributed by atoms with E-state index in [9.17, 15) is 0 Å². The number of benzene rings is 1. The van der Waals surface area contributed by atoms with Gasteiger partial charge in [-0.15, -0.1) is 0 Å². The quantitative estimate of drug-likeness (QED) is 0.715. The van der Waals surface area contributed by atoms with Crippen molar-refractivity contribution in [3.05, 3.63) is 65.3 Å². The second-order valence-electron chi connectivity index (χ2n) is 3.71. The molecule has 0 spiro atoms. The van der Waals surface area contributed by atoms with Crippen molar-refractivity contribution in [1.82, 2.24) is 9.78 Å². The van der Waals surface area contributed by atoms with Crippen LogP contribution in [0.3, 0.4) is 0 Å². The predicted octanol–water partition coefficient (Wildman–Crippen LogP) is 2.62. The molecule has 0 aliphatic heterocycles. The lowest BCUT2D eigenvalue weighted by Crippen LogP contribution is -2.04. The lowest BCUT2D eigenvalue weighted by molar-refractivity contribution is 0.680.